The Morgan fingerprint density at radius 1 is 1.40 bits per heavy atom. The number of carbonyl (C=O) groups excluding carboxylic acids is 1. The minimum Gasteiger partial charge on any atom is -0.479 e. The monoisotopic (exact) mass is 324 g/mol. The summed E-state index contributed by atoms with van der Waals surface area (Å²) in [5.74, 6) is -2.01. The van der Waals surface area contributed by atoms with Gasteiger partial charge in [-0.2, -0.15) is 0 Å². The summed E-state index contributed by atoms with van der Waals surface area (Å²) in [7, 11) is -4.12. The number of hydrogen-bond acceptors (Lipinski definition) is 8. The predicted octanol–water partition coefficient (Wildman–Crippen LogP) is -1.39. The van der Waals surface area contributed by atoms with E-state index in [0.29, 0.717) is 11.3 Å². The molecule has 0 saturated heterocycles. The van der Waals surface area contributed by atoms with E-state index in [9.17, 15) is 23.1 Å². The first-order chi connectivity index (χ1) is 9.04. The Morgan fingerprint density at radius 3 is 2.50 bits per heavy atom. The highest BCUT2D eigenvalue weighted by molar-refractivity contribution is 7.91. The zero-order valence-corrected chi connectivity index (χ0v) is 12.1. The van der Waals surface area contributed by atoms with E-state index in [4.69, 9.17) is 5.11 Å². The molecule has 112 valence electrons. The molecule has 1 aromatic rings. The third kappa shape index (κ3) is 4.19. The molecule has 1 heterocycles. The summed E-state index contributed by atoms with van der Waals surface area (Å²) >= 11 is 0.593. The van der Waals surface area contributed by atoms with Crippen molar-refractivity contribution in [2.45, 2.75) is 23.8 Å². The average Bonchev–Trinajstić information content (AvgIpc) is 2.75. The smallest absolute Gasteiger partial charge is 0.336 e. The van der Waals surface area contributed by atoms with Gasteiger partial charge < -0.3 is 15.5 Å². The Morgan fingerprint density at radius 2 is 2.00 bits per heavy atom. The van der Waals surface area contributed by atoms with Gasteiger partial charge in [0.15, 0.2) is 5.60 Å². The first-order valence-corrected chi connectivity index (χ1v) is 7.41. The molecule has 1 unspecified atom stereocenters. The summed E-state index contributed by atoms with van der Waals surface area (Å²) < 4.78 is 25.0. The third-order valence-electron chi connectivity index (χ3n) is 1.99. The summed E-state index contributed by atoms with van der Waals surface area (Å²) in [6.45, 7) is 1.43. The van der Waals surface area contributed by atoms with Crippen LogP contribution in [0.1, 0.15) is 13.8 Å². The van der Waals surface area contributed by atoms with E-state index in [2.05, 4.69) is 15.5 Å². The maximum Gasteiger partial charge on any atom is 0.336 e. The van der Waals surface area contributed by atoms with Crippen LogP contribution in [0.2, 0.25) is 0 Å². The number of aliphatic hydroxyl groups is 1. The number of aromatic nitrogens is 2. The highest BCUT2D eigenvalue weighted by Gasteiger charge is 2.32. The fraction of sp³-hybridized carbons (Fsp3) is 0.500. The van der Waals surface area contributed by atoms with E-state index < -0.39 is 38.4 Å². The highest BCUT2D eigenvalue weighted by atomic mass is 32.2. The number of sulfonamides is 1. The number of nitrogens with zero attached hydrogens (tertiary/aromatic N) is 2. The molecule has 0 saturated carbocycles. The van der Waals surface area contributed by atoms with Crippen molar-refractivity contribution in [1.29, 1.82) is 0 Å². The minimum absolute atomic E-state index is 0.0112. The molecule has 0 bridgehead atoms. The van der Waals surface area contributed by atoms with E-state index in [1.165, 1.54) is 6.92 Å². The van der Waals surface area contributed by atoms with Crippen molar-refractivity contribution in [2.24, 2.45) is 0 Å². The van der Waals surface area contributed by atoms with E-state index >= 15 is 0 Å². The van der Waals surface area contributed by atoms with E-state index in [1.807, 2.05) is 4.72 Å². The quantitative estimate of drug-likeness (QED) is 0.465. The van der Waals surface area contributed by atoms with Gasteiger partial charge in [-0.1, -0.05) is 11.3 Å². The van der Waals surface area contributed by atoms with Crippen molar-refractivity contribution in [3.63, 3.8) is 0 Å². The van der Waals surface area contributed by atoms with Crippen LogP contribution in [0.15, 0.2) is 4.34 Å². The molecule has 0 aliphatic rings. The number of anilines is 1. The summed E-state index contributed by atoms with van der Waals surface area (Å²) in [4.78, 5) is 21.4. The normalized spacial score (nSPS) is 14.6. The van der Waals surface area contributed by atoms with Crippen molar-refractivity contribution in [1.82, 2.24) is 14.9 Å². The zero-order valence-electron chi connectivity index (χ0n) is 10.4. The number of carboxylic acid groups (broad SMARTS) is 1. The van der Waals surface area contributed by atoms with Gasteiger partial charge in [-0.05, 0) is 6.92 Å². The lowest BCUT2D eigenvalue weighted by atomic mass is 10.1. The van der Waals surface area contributed by atoms with Crippen molar-refractivity contribution < 1.29 is 28.2 Å². The first kappa shape index (κ1) is 16.4. The van der Waals surface area contributed by atoms with Crippen LogP contribution in [0.5, 0.6) is 0 Å². The second-order valence-corrected chi connectivity index (χ2v) is 6.88. The lowest BCUT2D eigenvalue weighted by Crippen LogP contribution is -2.46. The molecule has 0 aliphatic carbocycles. The van der Waals surface area contributed by atoms with Crippen molar-refractivity contribution >= 4 is 38.4 Å². The molecule has 1 atom stereocenters. The van der Waals surface area contributed by atoms with E-state index in [0.717, 1.165) is 6.92 Å². The summed E-state index contributed by atoms with van der Waals surface area (Å²) in [6.07, 6.45) is 0. The van der Waals surface area contributed by atoms with Crippen LogP contribution >= 0.6 is 11.3 Å². The largest absolute Gasteiger partial charge is 0.479 e. The van der Waals surface area contributed by atoms with Gasteiger partial charge >= 0.3 is 5.97 Å². The van der Waals surface area contributed by atoms with Crippen LogP contribution in [-0.4, -0.2) is 52.9 Å². The van der Waals surface area contributed by atoms with Crippen LogP contribution < -0.4 is 10.0 Å². The zero-order chi connectivity index (χ0) is 15.6. The fourth-order valence-corrected chi connectivity index (χ4v) is 3.01. The van der Waals surface area contributed by atoms with Crippen LogP contribution in [0.25, 0.3) is 0 Å². The second kappa shape index (κ2) is 5.78. The number of carboxylic acids is 1. The lowest BCUT2D eigenvalue weighted by Gasteiger charge is -2.17. The van der Waals surface area contributed by atoms with Gasteiger partial charge in [-0.15, -0.1) is 10.2 Å². The number of rotatable bonds is 6. The third-order valence-corrected chi connectivity index (χ3v) is 4.59. The van der Waals surface area contributed by atoms with Gasteiger partial charge in [0.2, 0.25) is 15.4 Å². The second-order valence-electron chi connectivity index (χ2n) is 3.96. The van der Waals surface area contributed by atoms with Gasteiger partial charge in [-0.3, -0.25) is 4.79 Å². The molecule has 0 spiro atoms. The van der Waals surface area contributed by atoms with Crippen LogP contribution in [0.3, 0.4) is 0 Å². The predicted molar refractivity (Wildman–Crippen MR) is 67.7 cm³/mol. The molecule has 1 aromatic heterocycles. The maximum atomic E-state index is 11.8. The Balaban J connectivity index is 2.82. The molecule has 0 aliphatic heterocycles. The van der Waals surface area contributed by atoms with Gasteiger partial charge in [-0.25, -0.2) is 17.9 Å². The molecule has 0 radical (unpaired) electrons. The van der Waals surface area contributed by atoms with Gasteiger partial charge in [0.05, 0.1) is 6.54 Å². The van der Waals surface area contributed by atoms with E-state index in [-0.39, 0.29) is 5.13 Å². The number of aliphatic carboxylic acids is 1. The van der Waals surface area contributed by atoms with Crippen LogP contribution in [-0.2, 0) is 19.6 Å². The number of hydrogen-bond donors (Lipinski definition) is 4. The topological polar surface area (TPSA) is 159 Å². The highest BCUT2D eigenvalue weighted by Crippen LogP contribution is 2.19. The summed E-state index contributed by atoms with van der Waals surface area (Å²) in [5.41, 5.74) is -2.25. The Hall–Kier alpha value is -1.63. The lowest BCUT2D eigenvalue weighted by molar-refractivity contribution is -0.155. The molecule has 0 fully saturated rings. The average molecular weight is 324 g/mol. The van der Waals surface area contributed by atoms with Gasteiger partial charge in [0, 0.05) is 6.92 Å². The number of carbonyl (C=O) groups is 2. The number of amides is 1. The molecule has 0 aromatic carbocycles. The molecule has 10 nitrogen and oxygen atoms in total. The molecule has 12 heteroatoms. The van der Waals surface area contributed by atoms with Crippen molar-refractivity contribution in [3.8, 4) is 0 Å². The SMILES string of the molecule is CC(=O)Nc1nnc(S(=O)(=O)NCC(C)(O)C(=O)O)s1. The first-order valence-electron chi connectivity index (χ1n) is 5.11. The summed E-state index contributed by atoms with van der Waals surface area (Å²) in [6, 6.07) is 0. The van der Waals surface area contributed by atoms with E-state index in [1.54, 1.807) is 0 Å². The number of nitrogens with one attached hydrogen (secondary N) is 2. The molecular formula is C8H12N4O6S2. The molecular weight excluding hydrogens is 312 g/mol. The van der Waals surface area contributed by atoms with Crippen molar-refractivity contribution in [2.75, 3.05) is 11.9 Å². The maximum absolute atomic E-state index is 11.8. The van der Waals surface area contributed by atoms with Crippen LogP contribution in [0, 0.1) is 0 Å². The van der Waals surface area contributed by atoms with Gasteiger partial charge in [0.25, 0.3) is 10.0 Å². The standard InChI is InChI=1S/C8H12N4O6S2/c1-4(13)10-6-11-12-7(19-6)20(17,18)9-3-8(2,16)5(14)15/h9,16H,3H2,1-2H3,(H,14,15)(H,10,11,13). The Bertz CT molecular complexity index is 623. The Kier molecular flexibility index (Phi) is 4.75. The van der Waals surface area contributed by atoms with Crippen LogP contribution in [0.4, 0.5) is 5.13 Å². The summed E-state index contributed by atoms with van der Waals surface area (Å²) in [5, 5.41) is 27.1. The molecule has 4 N–H and O–H groups in total. The Labute approximate surface area is 117 Å². The molecule has 1 rings (SSSR count). The molecule has 1 amide bonds. The minimum atomic E-state index is -4.12. The van der Waals surface area contributed by atoms with Crippen molar-refractivity contribution in [3.05, 3.63) is 0 Å². The molecule has 20 heavy (non-hydrogen) atoms. The fourth-order valence-electron chi connectivity index (χ4n) is 0.892. The van der Waals surface area contributed by atoms with Gasteiger partial charge in [0.1, 0.15) is 0 Å².